The number of nitrogens with zero attached hydrogens (tertiary/aromatic N) is 5. The van der Waals surface area contributed by atoms with Crippen molar-refractivity contribution in [3.63, 3.8) is 0 Å². The first kappa shape index (κ1) is 24.8. The maximum absolute atomic E-state index is 13.1. The van der Waals surface area contributed by atoms with E-state index in [4.69, 9.17) is 5.73 Å². The molecule has 1 aliphatic heterocycles. The van der Waals surface area contributed by atoms with Crippen LogP contribution in [0.3, 0.4) is 0 Å². The molecule has 37 heavy (non-hydrogen) atoms. The minimum atomic E-state index is -4.87. The van der Waals surface area contributed by atoms with E-state index in [1.807, 2.05) is 0 Å². The number of hydrogen-bond acceptors (Lipinski definition) is 8. The predicted octanol–water partition coefficient (Wildman–Crippen LogP) is 3.22. The molecule has 10 nitrogen and oxygen atoms in total. The van der Waals surface area contributed by atoms with Crippen LogP contribution in [0.15, 0.2) is 24.4 Å². The summed E-state index contributed by atoms with van der Waals surface area (Å²) in [4.78, 5) is 23.0. The molecule has 2 aromatic heterocycles. The van der Waals surface area contributed by atoms with Crippen LogP contribution in [0.1, 0.15) is 34.5 Å². The van der Waals surface area contributed by atoms with Gasteiger partial charge in [-0.05, 0) is 69.6 Å². The number of nitrogens with one attached hydrogen (secondary N) is 2. The number of ether oxygens (including phenoxy) is 1. The van der Waals surface area contributed by atoms with E-state index in [2.05, 4.69) is 42.4 Å². The molecule has 0 unspecified atom stereocenters. The van der Waals surface area contributed by atoms with Gasteiger partial charge in [-0.3, -0.25) is 9.48 Å². The van der Waals surface area contributed by atoms with Gasteiger partial charge in [0.15, 0.2) is 11.4 Å². The van der Waals surface area contributed by atoms with Gasteiger partial charge >= 0.3 is 6.36 Å². The molecule has 5 rings (SSSR count). The maximum atomic E-state index is 13.1. The summed E-state index contributed by atoms with van der Waals surface area (Å²) in [6.07, 6.45) is -0.269. The molecule has 0 radical (unpaired) electrons. The van der Waals surface area contributed by atoms with Crippen LogP contribution >= 0.6 is 0 Å². The van der Waals surface area contributed by atoms with E-state index in [1.54, 1.807) is 25.4 Å². The topological polar surface area (TPSA) is 123 Å². The number of likely N-dealkylation sites (tertiary alicyclic amines) is 1. The number of nitrogens with two attached hydrogens (primary N) is 1. The van der Waals surface area contributed by atoms with Gasteiger partial charge in [0.1, 0.15) is 0 Å². The van der Waals surface area contributed by atoms with Crippen molar-refractivity contribution in [1.82, 2.24) is 24.6 Å². The monoisotopic (exact) mass is 516 g/mol. The van der Waals surface area contributed by atoms with Crippen LogP contribution in [-0.4, -0.2) is 63.1 Å². The zero-order chi connectivity index (χ0) is 26.3. The third-order valence-electron chi connectivity index (χ3n) is 6.65. The van der Waals surface area contributed by atoms with E-state index >= 15 is 0 Å². The summed E-state index contributed by atoms with van der Waals surface area (Å²) in [5, 5.41) is 10.5. The number of anilines is 3. The highest BCUT2D eigenvalue weighted by Crippen LogP contribution is 2.37. The van der Waals surface area contributed by atoms with E-state index in [9.17, 15) is 18.0 Å². The summed E-state index contributed by atoms with van der Waals surface area (Å²) in [6, 6.07) is 4.60. The smallest absolute Gasteiger partial charge is 0.404 e. The number of hydrogen-bond donors (Lipinski definition) is 3. The summed E-state index contributed by atoms with van der Waals surface area (Å²) in [5.74, 6) is -0.951. The van der Waals surface area contributed by atoms with Crippen LogP contribution in [-0.2, 0) is 19.9 Å². The number of carbonyl (C=O) groups is 1. The Morgan fingerprint density at radius 1 is 1.19 bits per heavy atom. The molecule has 4 N–H and O–H groups in total. The SMILES string of the molecule is CN1CCC(Nc2ccc(OC(F)(F)F)c(Nc3ncc4c(n3)-c3c(c(C(N)=O)nn3C)CC4)c2)CC1. The Morgan fingerprint density at radius 3 is 2.65 bits per heavy atom. The van der Waals surface area contributed by atoms with Crippen LogP contribution in [0.5, 0.6) is 5.75 Å². The lowest BCUT2D eigenvalue weighted by Crippen LogP contribution is -2.36. The van der Waals surface area contributed by atoms with Gasteiger partial charge in [0.2, 0.25) is 5.95 Å². The fraction of sp³-hybridized carbons (Fsp3) is 0.417. The number of fused-ring (bicyclic) bond motifs is 3. The molecular formula is C24H27F3N8O2. The van der Waals surface area contributed by atoms with E-state index in [1.165, 1.54) is 10.7 Å². The van der Waals surface area contributed by atoms with Crippen molar-refractivity contribution >= 4 is 23.2 Å². The van der Waals surface area contributed by atoms with E-state index in [0.29, 0.717) is 35.5 Å². The Hall–Kier alpha value is -3.87. The minimum Gasteiger partial charge on any atom is -0.404 e. The highest BCUT2D eigenvalue weighted by Gasteiger charge is 2.33. The number of rotatable bonds is 6. The summed E-state index contributed by atoms with van der Waals surface area (Å²) in [6.45, 7) is 1.88. The molecule has 13 heteroatoms. The van der Waals surface area contributed by atoms with Gasteiger partial charge < -0.3 is 26.0 Å². The number of aryl methyl sites for hydroxylation is 2. The van der Waals surface area contributed by atoms with Crippen LogP contribution in [0.2, 0.25) is 0 Å². The molecule has 0 atom stereocenters. The van der Waals surface area contributed by atoms with Crippen molar-refractivity contribution in [2.24, 2.45) is 12.8 Å². The second kappa shape index (κ2) is 9.54. The zero-order valence-corrected chi connectivity index (χ0v) is 20.4. The van der Waals surface area contributed by atoms with E-state index < -0.39 is 18.0 Å². The van der Waals surface area contributed by atoms with E-state index in [0.717, 1.165) is 31.5 Å². The van der Waals surface area contributed by atoms with Gasteiger partial charge in [0.05, 0.1) is 17.1 Å². The van der Waals surface area contributed by atoms with Gasteiger partial charge in [-0.15, -0.1) is 13.2 Å². The van der Waals surface area contributed by atoms with E-state index in [-0.39, 0.29) is 23.4 Å². The number of benzene rings is 1. The molecular weight excluding hydrogens is 489 g/mol. The average Bonchev–Trinajstić information content (AvgIpc) is 3.19. The number of halogens is 3. The van der Waals surface area contributed by atoms with Crippen LogP contribution in [0.4, 0.5) is 30.5 Å². The van der Waals surface area contributed by atoms with Crippen molar-refractivity contribution in [2.75, 3.05) is 30.8 Å². The van der Waals surface area contributed by atoms with Crippen molar-refractivity contribution < 1.29 is 22.7 Å². The first-order valence-electron chi connectivity index (χ1n) is 11.9. The lowest BCUT2D eigenvalue weighted by Gasteiger charge is -2.30. The Morgan fingerprint density at radius 2 is 1.95 bits per heavy atom. The molecule has 1 aromatic carbocycles. The number of carbonyl (C=O) groups excluding carboxylic acids is 1. The van der Waals surface area contributed by atoms with Gasteiger partial charge in [-0.1, -0.05) is 0 Å². The first-order valence-corrected chi connectivity index (χ1v) is 11.9. The summed E-state index contributed by atoms with van der Waals surface area (Å²) in [5.41, 5.74) is 9.09. The molecule has 3 aromatic rings. The molecule has 1 saturated heterocycles. The molecule has 3 heterocycles. The highest BCUT2D eigenvalue weighted by molar-refractivity contribution is 5.94. The van der Waals surface area contributed by atoms with Crippen LogP contribution in [0, 0.1) is 0 Å². The number of piperidine rings is 1. The standard InChI is InChI=1S/C24H27F3N8O2/c1-34-9-7-14(8-10-34)30-15-4-6-18(37-24(25,26)27)17(11-15)31-23-29-12-13-3-5-16-20(22(28)36)33-35(2)21(16)19(13)32-23/h4,6,11-12,14,30H,3,5,7-10H2,1-2H3,(H2,28,36)(H,29,31,32). The third kappa shape index (κ3) is 5.31. The fourth-order valence-corrected chi connectivity index (χ4v) is 4.85. The molecule has 1 aliphatic carbocycles. The molecule has 0 bridgehead atoms. The molecule has 0 spiro atoms. The lowest BCUT2D eigenvalue weighted by atomic mass is 9.93. The maximum Gasteiger partial charge on any atom is 0.573 e. The average molecular weight is 517 g/mol. The molecule has 2 aliphatic rings. The van der Waals surface area contributed by atoms with Crippen molar-refractivity contribution in [2.45, 2.75) is 38.1 Å². The highest BCUT2D eigenvalue weighted by atomic mass is 19.4. The molecule has 196 valence electrons. The Bertz CT molecular complexity index is 1330. The molecule has 1 amide bonds. The van der Waals surface area contributed by atoms with Crippen LogP contribution < -0.4 is 21.1 Å². The second-order valence-electron chi connectivity index (χ2n) is 9.34. The second-order valence-corrected chi connectivity index (χ2v) is 9.34. The quantitative estimate of drug-likeness (QED) is 0.457. The fourth-order valence-electron chi connectivity index (χ4n) is 4.85. The largest absolute Gasteiger partial charge is 0.573 e. The Kier molecular flexibility index (Phi) is 6.40. The molecule has 1 fully saturated rings. The van der Waals surface area contributed by atoms with Gasteiger partial charge in [0.25, 0.3) is 5.91 Å². The number of aromatic nitrogens is 4. The van der Waals surface area contributed by atoms with Crippen molar-refractivity contribution in [3.05, 3.63) is 41.2 Å². The lowest BCUT2D eigenvalue weighted by molar-refractivity contribution is -0.274. The Labute approximate surface area is 211 Å². The summed E-state index contributed by atoms with van der Waals surface area (Å²) < 4.78 is 45.2. The minimum absolute atomic E-state index is 0.0640. The number of primary amides is 1. The predicted molar refractivity (Wildman–Crippen MR) is 131 cm³/mol. The normalized spacial score (nSPS) is 16.1. The Balaban J connectivity index is 1.47. The number of alkyl halides is 3. The number of amides is 1. The summed E-state index contributed by atoms with van der Waals surface area (Å²) in [7, 11) is 3.74. The van der Waals surface area contributed by atoms with Gasteiger partial charge in [-0.2, -0.15) is 5.10 Å². The summed E-state index contributed by atoms with van der Waals surface area (Å²) >= 11 is 0. The van der Waals surface area contributed by atoms with Crippen molar-refractivity contribution in [3.8, 4) is 17.1 Å². The van der Waals surface area contributed by atoms with Crippen molar-refractivity contribution in [1.29, 1.82) is 0 Å². The van der Waals surface area contributed by atoms with Gasteiger partial charge in [-0.25, -0.2) is 9.97 Å². The first-order chi connectivity index (χ1) is 17.6. The van der Waals surface area contributed by atoms with Gasteiger partial charge in [0, 0.05) is 30.5 Å². The molecule has 0 saturated carbocycles. The van der Waals surface area contributed by atoms with Crippen LogP contribution in [0.25, 0.3) is 11.4 Å². The zero-order valence-electron chi connectivity index (χ0n) is 20.4. The third-order valence-corrected chi connectivity index (χ3v) is 6.65.